The number of amides is 3. The highest BCUT2D eigenvalue weighted by Gasteiger charge is 2.37. The highest BCUT2D eigenvalue weighted by atomic mass is 16.5. The first kappa shape index (κ1) is 38.5. The molecule has 2 atom stereocenters. The van der Waals surface area contributed by atoms with Gasteiger partial charge in [0.05, 0.1) is 49.6 Å². The number of nitrogens with zero attached hydrogens (tertiary/aromatic N) is 4. The Morgan fingerprint density at radius 3 is 2.02 bits per heavy atom. The fourth-order valence-corrected chi connectivity index (χ4v) is 6.86. The van der Waals surface area contributed by atoms with Crippen LogP contribution in [0.5, 0.6) is 0 Å². The molecule has 0 spiro atoms. The molecule has 1 fully saturated rings. The van der Waals surface area contributed by atoms with Crippen molar-refractivity contribution in [3.05, 3.63) is 96.6 Å². The molecule has 2 aromatic heterocycles. The minimum atomic E-state index is -0.691. The van der Waals surface area contributed by atoms with E-state index in [1.165, 1.54) is 19.1 Å². The molecule has 0 radical (unpaired) electrons. The zero-order valence-corrected chi connectivity index (χ0v) is 32.0. The maximum absolute atomic E-state index is 13.6. The molecule has 1 aliphatic rings. The highest BCUT2D eigenvalue weighted by molar-refractivity contribution is 6.01. The van der Waals surface area contributed by atoms with Crippen molar-refractivity contribution in [3.8, 4) is 45.0 Å². The summed E-state index contributed by atoms with van der Waals surface area (Å²) < 4.78 is 9.56. The van der Waals surface area contributed by atoms with Gasteiger partial charge in [-0.15, -0.1) is 0 Å². The van der Waals surface area contributed by atoms with Gasteiger partial charge in [-0.1, -0.05) is 80.6 Å². The molecule has 13 heteroatoms. The van der Waals surface area contributed by atoms with E-state index in [-0.39, 0.29) is 36.4 Å². The van der Waals surface area contributed by atoms with E-state index in [4.69, 9.17) is 9.47 Å². The molecule has 1 aliphatic heterocycles. The molecule has 1 saturated heterocycles. The van der Waals surface area contributed by atoms with Gasteiger partial charge in [0.25, 0.3) is 5.91 Å². The maximum atomic E-state index is 13.6. The normalized spacial score (nSPS) is 14.5. The third-order valence-electron chi connectivity index (χ3n) is 9.96. The van der Waals surface area contributed by atoms with Crippen LogP contribution in [0.3, 0.4) is 0 Å². The third kappa shape index (κ3) is 8.45. The smallest absolute Gasteiger partial charge is 0.407 e. The lowest BCUT2D eigenvalue weighted by molar-refractivity contribution is -0.141. The third-order valence-corrected chi connectivity index (χ3v) is 9.96. The number of aromatic amines is 2. The van der Waals surface area contributed by atoms with Gasteiger partial charge < -0.3 is 34.6 Å². The van der Waals surface area contributed by atoms with Crippen molar-refractivity contribution in [1.82, 2.24) is 35.1 Å². The minimum absolute atomic E-state index is 0.108. The summed E-state index contributed by atoms with van der Waals surface area (Å²) in [6, 6.07) is 22.4. The van der Waals surface area contributed by atoms with Crippen molar-refractivity contribution < 1.29 is 28.7 Å². The number of hydrogen-bond acceptors (Lipinski definition) is 8. The van der Waals surface area contributed by atoms with Crippen LogP contribution in [0.25, 0.3) is 45.0 Å². The van der Waals surface area contributed by atoms with Gasteiger partial charge in [-0.05, 0) is 60.9 Å². The van der Waals surface area contributed by atoms with Crippen molar-refractivity contribution >= 4 is 23.9 Å². The van der Waals surface area contributed by atoms with Gasteiger partial charge in [0.2, 0.25) is 5.91 Å². The number of likely N-dealkylation sites (tertiary alicyclic amines) is 1. The van der Waals surface area contributed by atoms with E-state index >= 15 is 0 Å². The number of carbonyl (C=O) groups excluding carboxylic acids is 4. The lowest BCUT2D eigenvalue weighted by Crippen LogP contribution is -2.51. The number of hydrogen-bond donors (Lipinski definition) is 3. The van der Waals surface area contributed by atoms with Gasteiger partial charge in [-0.3, -0.25) is 14.4 Å². The SMILES string of the molecule is COC(=O)CN(C(=O)c1ccccc1-c1ncc(-c2ccc(-c3ccc(-c4cnc([C@@H]5CCCN5C(=O)[C@@H](NC(=O)OC)C(C)C)[nH]4)cc3)cc2)[nH]1)C(C)C. The van der Waals surface area contributed by atoms with Gasteiger partial charge in [-0.2, -0.15) is 0 Å². The van der Waals surface area contributed by atoms with Crippen molar-refractivity contribution in [2.45, 2.75) is 58.7 Å². The zero-order chi connectivity index (χ0) is 39.2. The van der Waals surface area contributed by atoms with Crippen LogP contribution in [0.15, 0.2) is 85.2 Å². The van der Waals surface area contributed by atoms with Crippen LogP contribution in [0.2, 0.25) is 0 Å². The molecule has 6 rings (SSSR count). The predicted molar refractivity (Wildman–Crippen MR) is 209 cm³/mol. The fraction of sp³-hybridized carbons (Fsp3) is 0.333. The Balaban J connectivity index is 1.14. The first-order valence-electron chi connectivity index (χ1n) is 18.4. The summed E-state index contributed by atoms with van der Waals surface area (Å²) in [6.45, 7) is 7.95. The number of rotatable bonds is 12. The van der Waals surface area contributed by atoms with Gasteiger partial charge in [0, 0.05) is 18.2 Å². The number of ether oxygens (including phenoxy) is 2. The Hall–Kier alpha value is -6.24. The second-order valence-electron chi connectivity index (χ2n) is 14.2. The molecule has 13 nitrogen and oxygen atoms in total. The molecule has 3 amide bonds. The van der Waals surface area contributed by atoms with Crippen molar-refractivity contribution in [2.75, 3.05) is 27.3 Å². The summed E-state index contributed by atoms with van der Waals surface area (Å²) in [4.78, 5) is 70.4. The fourth-order valence-electron chi connectivity index (χ4n) is 6.86. The van der Waals surface area contributed by atoms with E-state index in [9.17, 15) is 19.2 Å². The average Bonchev–Trinajstić information content (AvgIpc) is 4.00. The standard InChI is InChI=1S/C42H47N7O6/c1-25(2)37(47-42(53)55-6)41(52)48-21-9-12-35(48)39-44-23-34(46-39)30-19-15-28(16-20-30)27-13-17-29(18-14-27)33-22-43-38(45-33)31-10-7-8-11-32(31)40(51)49(26(3)4)24-36(50)54-5/h7-8,10-11,13-20,22-23,25-26,35,37H,9,12,21,24H2,1-6H3,(H,43,45)(H,44,46)(H,47,53)/t35-,37-/m0/s1. The minimum Gasteiger partial charge on any atom is -0.468 e. The molecule has 5 aromatic rings. The Kier molecular flexibility index (Phi) is 11.8. The average molecular weight is 746 g/mol. The largest absolute Gasteiger partial charge is 0.468 e. The van der Waals surface area contributed by atoms with Crippen molar-refractivity contribution in [1.29, 1.82) is 0 Å². The lowest BCUT2D eigenvalue weighted by atomic mass is 10.0. The quantitative estimate of drug-likeness (QED) is 0.117. The van der Waals surface area contributed by atoms with Gasteiger partial charge >= 0.3 is 12.1 Å². The molecular weight excluding hydrogens is 699 g/mol. The first-order chi connectivity index (χ1) is 26.5. The predicted octanol–water partition coefficient (Wildman–Crippen LogP) is 6.87. The van der Waals surface area contributed by atoms with Crippen LogP contribution >= 0.6 is 0 Å². The monoisotopic (exact) mass is 745 g/mol. The van der Waals surface area contributed by atoms with Gasteiger partial charge in [-0.25, -0.2) is 14.8 Å². The van der Waals surface area contributed by atoms with E-state index < -0.39 is 18.1 Å². The van der Waals surface area contributed by atoms with Crippen molar-refractivity contribution in [3.63, 3.8) is 0 Å². The second kappa shape index (κ2) is 16.8. The molecular formula is C42H47N7O6. The van der Waals surface area contributed by atoms with Gasteiger partial charge in [0.1, 0.15) is 24.2 Å². The number of aromatic nitrogens is 4. The molecule has 3 heterocycles. The number of imidazole rings is 2. The number of carbonyl (C=O) groups is 4. The summed E-state index contributed by atoms with van der Waals surface area (Å²) in [6.07, 6.45) is 4.53. The second-order valence-corrected chi connectivity index (χ2v) is 14.2. The summed E-state index contributed by atoms with van der Waals surface area (Å²) in [5, 5.41) is 2.69. The van der Waals surface area contributed by atoms with Gasteiger partial charge in [0.15, 0.2) is 0 Å². The molecule has 0 bridgehead atoms. The molecule has 55 heavy (non-hydrogen) atoms. The summed E-state index contributed by atoms with van der Waals surface area (Å²) >= 11 is 0. The van der Waals surface area contributed by atoms with Crippen LogP contribution < -0.4 is 5.32 Å². The highest BCUT2D eigenvalue weighted by Crippen LogP contribution is 2.34. The van der Waals surface area contributed by atoms with Crippen LogP contribution in [0, 0.1) is 5.92 Å². The molecule has 286 valence electrons. The zero-order valence-electron chi connectivity index (χ0n) is 32.0. The lowest BCUT2D eigenvalue weighted by Gasteiger charge is -2.30. The van der Waals surface area contributed by atoms with E-state index in [1.54, 1.807) is 29.4 Å². The number of esters is 1. The Labute approximate surface area is 320 Å². The number of methoxy groups -OCH3 is 2. The topological polar surface area (TPSA) is 163 Å². The number of alkyl carbamates (subject to hydrolysis) is 1. The molecule has 0 saturated carbocycles. The molecule has 3 aromatic carbocycles. The molecule has 0 unspecified atom stereocenters. The first-order valence-corrected chi connectivity index (χ1v) is 18.4. The van der Waals surface area contributed by atoms with E-state index in [2.05, 4.69) is 49.5 Å². The van der Waals surface area contributed by atoms with E-state index in [0.29, 0.717) is 29.3 Å². The summed E-state index contributed by atoms with van der Waals surface area (Å²) in [5.74, 6) is 0.244. The molecule has 0 aliphatic carbocycles. The van der Waals surface area contributed by atoms with Crippen LogP contribution in [0.4, 0.5) is 4.79 Å². The Morgan fingerprint density at radius 2 is 1.42 bits per heavy atom. The number of nitrogens with one attached hydrogen (secondary N) is 3. The van der Waals surface area contributed by atoms with E-state index in [0.717, 1.165) is 46.5 Å². The van der Waals surface area contributed by atoms with E-state index in [1.807, 2.05) is 64.1 Å². The maximum Gasteiger partial charge on any atom is 0.407 e. The molecule has 3 N–H and O–H groups in total. The van der Waals surface area contributed by atoms with Crippen LogP contribution in [-0.2, 0) is 19.1 Å². The number of benzene rings is 3. The van der Waals surface area contributed by atoms with Crippen LogP contribution in [0.1, 0.15) is 62.8 Å². The number of H-pyrrole nitrogens is 2. The summed E-state index contributed by atoms with van der Waals surface area (Å²) in [5.41, 5.74) is 6.70. The Bertz CT molecular complexity index is 2140. The van der Waals surface area contributed by atoms with Crippen molar-refractivity contribution in [2.24, 2.45) is 5.92 Å². The Morgan fingerprint density at radius 1 is 0.818 bits per heavy atom. The summed E-state index contributed by atoms with van der Waals surface area (Å²) in [7, 11) is 2.59. The van der Waals surface area contributed by atoms with Crippen LogP contribution in [-0.4, -0.2) is 93.0 Å².